The SMILES string of the molecule is CC(=O)CCN1CCN(c2ccc(C(F)(F)F)cc2)CC1. The van der Waals surface area contributed by atoms with Crippen molar-refractivity contribution < 1.29 is 18.0 Å². The van der Waals surface area contributed by atoms with Crippen molar-refractivity contribution in [3.8, 4) is 0 Å². The summed E-state index contributed by atoms with van der Waals surface area (Å²) in [7, 11) is 0. The third-order valence-corrected chi connectivity index (χ3v) is 3.71. The van der Waals surface area contributed by atoms with Crippen LogP contribution in [0.5, 0.6) is 0 Å². The van der Waals surface area contributed by atoms with Crippen LogP contribution >= 0.6 is 0 Å². The monoisotopic (exact) mass is 300 g/mol. The average molecular weight is 300 g/mol. The van der Waals surface area contributed by atoms with Gasteiger partial charge in [-0.15, -0.1) is 0 Å². The lowest BCUT2D eigenvalue weighted by atomic mass is 10.1. The molecule has 0 radical (unpaired) electrons. The van der Waals surface area contributed by atoms with Crippen LogP contribution in [0.1, 0.15) is 18.9 Å². The minimum atomic E-state index is -4.29. The predicted octanol–water partition coefficient (Wildman–Crippen LogP) is 2.81. The molecular weight excluding hydrogens is 281 g/mol. The van der Waals surface area contributed by atoms with Crippen molar-refractivity contribution in [3.63, 3.8) is 0 Å². The Kier molecular flexibility index (Phi) is 4.88. The zero-order chi connectivity index (χ0) is 15.5. The number of carbonyl (C=O) groups excluding carboxylic acids is 1. The molecule has 1 aromatic carbocycles. The Bertz CT molecular complexity index is 477. The van der Waals surface area contributed by atoms with Gasteiger partial charge in [-0.2, -0.15) is 13.2 Å². The standard InChI is InChI=1S/C15H19F3N2O/c1-12(21)6-7-19-8-10-20(11-9-19)14-4-2-13(3-5-14)15(16,17)18/h2-5H,6-11H2,1H3. The van der Waals surface area contributed by atoms with Gasteiger partial charge in [-0.25, -0.2) is 0 Å². The van der Waals surface area contributed by atoms with Crippen molar-refractivity contribution in [3.05, 3.63) is 29.8 Å². The molecule has 0 N–H and O–H groups in total. The molecule has 1 heterocycles. The van der Waals surface area contributed by atoms with Gasteiger partial charge in [0.05, 0.1) is 5.56 Å². The van der Waals surface area contributed by atoms with Gasteiger partial charge in [0, 0.05) is 44.8 Å². The lowest BCUT2D eigenvalue weighted by Crippen LogP contribution is -2.46. The van der Waals surface area contributed by atoms with Crippen molar-refractivity contribution in [1.82, 2.24) is 4.90 Å². The molecule has 1 aliphatic rings. The molecule has 1 saturated heterocycles. The average Bonchev–Trinajstić information content (AvgIpc) is 2.45. The minimum Gasteiger partial charge on any atom is -0.369 e. The van der Waals surface area contributed by atoms with E-state index in [0.717, 1.165) is 50.5 Å². The number of piperazine rings is 1. The number of ketones is 1. The fraction of sp³-hybridized carbons (Fsp3) is 0.533. The van der Waals surface area contributed by atoms with E-state index in [4.69, 9.17) is 0 Å². The first kappa shape index (κ1) is 15.8. The molecule has 1 aliphatic heterocycles. The quantitative estimate of drug-likeness (QED) is 0.854. The topological polar surface area (TPSA) is 23.6 Å². The molecular formula is C15H19F3N2O. The maximum absolute atomic E-state index is 12.5. The second-order valence-corrected chi connectivity index (χ2v) is 5.33. The fourth-order valence-corrected chi connectivity index (χ4v) is 2.41. The van der Waals surface area contributed by atoms with Crippen LogP contribution in [0.2, 0.25) is 0 Å². The number of alkyl halides is 3. The highest BCUT2D eigenvalue weighted by molar-refractivity contribution is 5.75. The van der Waals surface area contributed by atoms with Crippen LogP contribution in [0.25, 0.3) is 0 Å². The summed E-state index contributed by atoms with van der Waals surface area (Å²) in [4.78, 5) is 15.2. The molecule has 0 atom stereocenters. The van der Waals surface area contributed by atoms with Crippen molar-refractivity contribution >= 4 is 11.5 Å². The maximum Gasteiger partial charge on any atom is 0.416 e. The summed E-state index contributed by atoms with van der Waals surface area (Å²) in [6.07, 6.45) is -3.73. The Morgan fingerprint density at radius 1 is 1.10 bits per heavy atom. The molecule has 0 aliphatic carbocycles. The molecule has 0 unspecified atom stereocenters. The smallest absolute Gasteiger partial charge is 0.369 e. The van der Waals surface area contributed by atoms with Gasteiger partial charge in [-0.3, -0.25) is 9.69 Å². The van der Waals surface area contributed by atoms with Crippen LogP contribution in [0.3, 0.4) is 0 Å². The summed E-state index contributed by atoms with van der Waals surface area (Å²) in [6.45, 7) is 5.53. The van der Waals surface area contributed by atoms with Crippen LogP contribution in [0.15, 0.2) is 24.3 Å². The zero-order valence-corrected chi connectivity index (χ0v) is 12.0. The fourth-order valence-electron chi connectivity index (χ4n) is 2.41. The Morgan fingerprint density at radius 3 is 2.14 bits per heavy atom. The number of benzene rings is 1. The number of hydrogen-bond donors (Lipinski definition) is 0. The van der Waals surface area contributed by atoms with E-state index >= 15 is 0 Å². The van der Waals surface area contributed by atoms with Crippen molar-refractivity contribution in [2.75, 3.05) is 37.6 Å². The number of Topliss-reactive ketones (excluding diaryl/α,β-unsaturated/α-hetero) is 1. The molecule has 1 fully saturated rings. The van der Waals surface area contributed by atoms with E-state index in [1.807, 2.05) is 0 Å². The third-order valence-electron chi connectivity index (χ3n) is 3.71. The first-order chi connectivity index (χ1) is 9.86. The molecule has 116 valence electrons. The highest BCUT2D eigenvalue weighted by Crippen LogP contribution is 2.30. The second-order valence-electron chi connectivity index (χ2n) is 5.33. The summed E-state index contributed by atoms with van der Waals surface area (Å²) in [5.74, 6) is 0.181. The highest BCUT2D eigenvalue weighted by Gasteiger charge is 2.30. The predicted molar refractivity (Wildman–Crippen MR) is 75.4 cm³/mol. The van der Waals surface area contributed by atoms with Crippen LogP contribution in [0.4, 0.5) is 18.9 Å². The number of halogens is 3. The molecule has 0 aromatic heterocycles. The number of hydrogen-bond acceptors (Lipinski definition) is 3. The van der Waals surface area contributed by atoms with Crippen LogP contribution < -0.4 is 4.90 Å². The number of carbonyl (C=O) groups is 1. The van der Waals surface area contributed by atoms with E-state index in [9.17, 15) is 18.0 Å². The molecule has 1 aromatic rings. The normalized spacial score (nSPS) is 17.0. The van der Waals surface area contributed by atoms with Gasteiger partial charge >= 0.3 is 6.18 Å². The van der Waals surface area contributed by atoms with E-state index in [0.29, 0.717) is 6.42 Å². The number of anilines is 1. The van der Waals surface area contributed by atoms with Gasteiger partial charge < -0.3 is 4.90 Å². The van der Waals surface area contributed by atoms with Gasteiger partial charge in [-0.05, 0) is 31.2 Å². The molecule has 3 nitrogen and oxygen atoms in total. The summed E-state index contributed by atoms with van der Waals surface area (Å²) in [5, 5.41) is 0. The lowest BCUT2D eigenvalue weighted by Gasteiger charge is -2.36. The summed E-state index contributed by atoms with van der Waals surface area (Å²) in [5.41, 5.74) is 0.195. The van der Waals surface area contributed by atoms with E-state index < -0.39 is 11.7 Å². The molecule has 6 heteroatoms. The summed E-state index contributed by atoms with van der Waals surface area (Å²) >= 11 is 0. The first-order valence-corrected chi connectivity index (χ1v) is 7.00. The van der Waals surface area contributed by atoms with E-state index in [1.165, 1.54) is 12.1 Å². The van der Waals surface area contributed by atoms with Gasteiger partial charge in [0.25, 0.3) is 0 Å². The van der Waals surface area contributed by atoms with Gasteiger partial charge in [0.1, 0.15) is 5.78 Å². The maximum atomic E-state index is 12.5. The van der Waals surface area contributed by atoms with Gasteiger partial charge in [-0.1, -0.05) is 0 Å². The number of nitrogens with zero attached hydrogens (tertiary/aromatic N) is 2. The zero-order valence-electron chi connectivity index (χ0n) is 12.0. The van der Waals surface area contributed by atoms with E-state index in [1.54, 1.807) is 6.92 Å². The van der Waals surface area contributed by atoms with E-state index in [2.05, 4.69) is 9.80 Å². The summed E-state index contributed by atoms with van der Waals surface area (Å²) < 4.78 is 37.5. The Morgan fingerprint density at radius 2 is 1.67 bits per heavy atom. The Hall–Kier alpha value is -1.56. The minimum absolute atomic E-state index is 0.181. The van der Waals surface area contributed by atoms with Crippen LogP contribution in [-0.2, 0) is 11.0 Å². The first-order valence-electron chi connectivity index (χ1n) is 7.00. The Balaban J connectivity index is 1.89. The highest BCUT2D eigenvalue weighted by atomic mass is 19.4. The molecule has 0 spiro atoms. The van der Waals surface area contributed by atoms with Crippen molar-refractivity contribution in [1.29, 1.82) is 0 Å². The van der Waals surface area contributed by atoms with Crippen molar-refractivity contribution in [2.45, 2.75) is 19.5 Å². The van der Waals surface area contributed by atoms with Crippen LogP contribution in [-0.4, -0.2) is 43.4 Å². The molecule has 0 amide bonds. The molecule has 21 heavy (non-hydrogen) atoms. The number of rotatable bonds is 4. The summed E-state index contributed by atoms with van der Waals surface area (Å²) in [6, 6.07) is 5.29. The Labute approximate surface area is 122 Å². The van der Waals surface area contributed by atoms with E-state index in [-0.39, 0.29) is 5.78 Å². The van der Waals surface area contributed by atoms with Gasteiger partial charge in [0.15, 0.2) is 0 Å². The van der Waals surface area contributed by atoms with Crippen molar-refractivity contribution in [2.24, 2.45) is 0 Å². The third kappa shape index (κ3) is 4.46. The molecule has 2 rings (SSSR count). The largest absolute Gasteiger partial charge is 0.416 e. The van der Waals surface area contributed by atoms with Gasteiger partial charge in [0.2, 0.25) is 0 Å². The second kappa shape index (κ2) is 6.47. The molecule has 0 bridgehead atoms. The van der Waals surface area contributed by atoms with Crippen LogP contribution in [0, 0.1) is 0 Å². The lowest BCUT2D eigenvalue weighted by molar-refractivity contribution is -0.137. The molecule has 0 saturated carbocycles.